The number of nitrogens with one attached hydrogen (secondary N) is 3. The fourth-order valence-electron chi connectivity index (χ4n) is 2.11. The first-order chi connectivity index (χ1) is 10.3. The van der Waals surface area contributed by atoms with Crippen LogP contribution in [0.25, 0.3) is 20.8 Å². The number of aliphatic hydroxyl groups is 1. The van der Waals surface area contributed by atoms with Crippen molar-refractivity contribution in [3.8, 4) is 10.6 Å². The number of rotatable bonds is 6. The summed E-state index contributed by atoms with van der Waals surface area (Å²) in [5.74, 6) is 0.822. The van der Waals surface area contributed by atoms with Crippen LogP contribution in [0.4, 0.5) is 11.5 Å². The van der Waals surface area contributed by atoms with Crippen LogP contribution in [0.1, 0.15) is 6.42 Å². The standard InChI is InChI=1S/C14H17N5OS/c1-15-13-8-10(16-4-2-6-20)14-11(18-13)7-12(21-14)9-3-5-17-19-9/h3,5,7-8,20H,2,4,6H2,1H3,(H,17,19)(H2,15,16,18). The Morgan fingerprint density at radius 2 is 2.29 bits per heavy atom. The van der Waals surface area contributed by atoms with Gasteiger partial charge in [0.15, 0.2) is 0 Å². The molecule has 7 heteroatoms. The molecule has 0 spiro atoms. The van der Waals surface area contributed by atoms with E-state index in [1.165, 1.54) is 0 Å². The molecule has 21 heavy (non-hydrogen) atoms. The largest absolute Gasteiger partial charge is 0.396 e. The molecular formula is C14H17N5OS. The highest BCUT2D eigenvalue weighted by Gasteiger charge is 2.11. The fourth-order valence-corrected chi connectivity index (χ4v) is 3.17. The Hall–Kier alpha value is -2.12. The van der Waals surface area contributed by atoms with E-state index in [1.807, 2.05) is 19.2 Å². The lowest BCUT2D eigenvalue weighted by atomic mass is 10.3. The van der Waals surface area contributed by atoms with Crippen LogP contribution in [0.2, 0.25) is 0 Å². The van der Waals surface area contributed by atoms with Gasteiger partial charge in [-0.3, -0.25) is 5.10 Å². The minimum atomic E-state index is 0.184. The number of aliphatic hydroxyl groups excluding tert-OH is 1. The van der Waals surface area contributed by atoms with E-state index in [1.54, 1.807) is 17.5 Å². The van der Waals surface area contributed by atoms with Crippen LogP contribution < -0.4 is 10.6 Å². The molecule has 0 aliphatic rings. The molecule has 110 valence electrons. The van der Waals surface area contributed by atoms with E-state index in [0.29, 0.717) is 0 Å². The van der Waals surface area contributed by atoms with Crippen LogP contribution in [-0.2, 0) is 0 Å². The Bertz CT molecular complexity index is 722. The molecule has 0 aliphatic carbocycles. The van der Waals surface area contributed by atoms with Gasteiger partial charge in [0.1, 0.15) is 5.82 Å². The van der Waals surface area contributed by atoms with E-state index in [0.717, 1.165) is 45.3 Å². The van der Waals surface area contributed by atoms with Crippen molar-refractivity contribution in [2.45, 2.75) is 6.42 Å². The van der Waals surface area contributed by atoms with Gasteiger partial charge in [0, 0.05) is 32.5 Å². The van der Waals surface area contributed by atoms with E-state index in [-0.39, 0.29) is 6.61 Å². The van der Waals surface area contributed by atoms with Gasteiger partial charge in [0.05, 0.1) is 26.5 Å². The number of fused-ring (bicyclic) bond motifs is 1. The van der Waals surface area contributed by atoms with E-state index in [4.69, 9.17) is 5.11 Å². The molecule has 0 saturated carbocycles. The summed E-state index contributed by atoms with van der Waals surface area (Å²) in [6.07, 6.45) is 2.46. The van der Waals surface area contributed by atoms with E-state index >= 15 is 0 Å². The quantitative estimate of drug-likeness (QED) is 0.526. The topological polar surface area (TPSA) is 85.9 Å². The number of aromatic amines is 1. The molecule has 3 heterocycles. The van der Waals surface area contributed by atoms with Gasteiger partial charge in [-0.1, -0.05) is 0 Å². The Morgan fingerprint density at radius 3 is 3.00 bits per heavy atom. The summed E-state index contributed by atoms with van der Waals surface area (Å²) in [4.78, 5) is 5.69. The summed E-state index contributed by atoms with van der Waals surface area (Å²) in [6, 6.07) is 6.00. The molecule has 4 N–H and O–H groups in total. The van der Waals surface area contributed by atoms with Gasteiger partial charge < -0.3 is 15.7 Å². The van der Waals surface area contributed by atoms with Crippen LogP contribution in [0.5, 0.6) is 0 Å². The van der Waals surface area contributed by atoms with Crippen LogP contribution in [0, 0.1) is 0 Å². The third kappa shape index (κ3) is 2.84. The molecule has 3 rings (SSSR count). The summed E-state index contributed by atoms with van der Waals surface area (Å²) < 4.78 is 1.11. The molecule has 0 fully saturated rings. The molecule has 3 aromatic rings. The van der Waals surface area contributed by atoms with Crippen molar-refractivity contribution in [3.63, 3.8) is 0 Å². The summed E-state index contributed by atoms with van der Waals surface area (Å²) in [7, 11) is 1.86. The van der Waals surface area contributed by atoms with Crippen molar-refractivity contribution in [1.82, 2.24) is 15.2 Å². The highest BCUT2D eigenvalue weighted by atomic mass is 32.1. The molecule has 0 aliphatic heterocycles. The predicted molar refractivity (Wildman–Crippen MR) is 86.9 cm³/mol. The minimum Gasteiger partial charge on any atom is -0.396 e. The van der Waals surface area contributed by atoms with Crippen molar-refractivity contribution in [2.75, 3.05) is 30.8 Å². The van der Waals surface area contributed by atoms with E-state index < -0.39 is 0 Å². The molecule has 0 aromatic carbocycles. The number of thiophene rings is 1. The second-order valence-electron chi connectivity index (χ2n) is 4.60. The number of hydrogen-bond acceptors (Lipinski definition) is 6. The van der Waals surface area contributed by atoms with Crippen LogP contribution in [0.3, 0.4) is 0 Å². The first-order valence-electron chi connectivity index (χ1n) is 6.78. The molecule has 6 nitrogen and oxygen atoms in total. The first kappa shape index (κ1) is 13.8. The van der Waals surface area contributed by atoms with Gasteiger partial charge in [-0.2, -0.15) is 5.10 Å². The van der Waals surface area contributed by atoms with Crippen molar-refractivity contribution >= 4 is 33.1 Å². The minimum absolute atomic E-state index is 0.184. The lowest BCUT2D eigenvalue weighted by Crippen LogP contribution is -2.04. The Balaban J connectivity index is 2.02. The Labute approximate surface area is 126 Å². The zero-order valence-corrected chi connectivity index (χ0v) is 12.5. The maximum atomic E-state index is 8.91. The van der Waals surface area contributed by atoms with Gasteiger partial charge in [-0.25, -0.2) is 4.98 Å². The lowest BCUT2D eigenvalue weighted by Gasteiger charge is -2.08. The molecule has 0 bridgehead atoms. The maximum Gasteiger partial charge on any atom is 0.128 e. The third-order valence-corrected chi connectivity index (χ3v) is 4.34. The van der Waals surface area contributed by atoms with E-state index in [2.05, 4.69) is 31.9 Å². The zero-order valence-electron chi connectivity index (χ0n) is 11.7. The van der Waals surface area contributed by atoms with Crippen LogP contribution in [-0.4, -0.2) is 40.5 Å². The van der Waals surface area contributed by atoms with Crippen molar-refractivity contribution in [2.24, 2.45) is 0 Å². The summed E-state index contributed by atoms with van der Waals surface area (Å²) in [5, 5.41) is 22.3. The van der Waals surface area contributed by atoms with E-state index in [9.17, 15) is 0 Å². The van der Waals surface area contributed by atoms with Crippen molar-refractivity contribution in [3.05, 3.63) is 24.4 Å². The van der Waals surface area contributed by atoms with Gasteiger partial charge in [-0.05, 0) is 18.6 Å². The highest BCUT2D eigenvalue weighted by Crippen LogP contribution is 2.37. The molecule has 3 aromatic heterocycles. The predicted octanol–water partition coefficient (Wildman–Crippen LogP) is 2.52. The van der Waals surface area contributed by atoms with Gasteiger partial charge in [-0.15, -0.1) is 11.3 Å². The number of aromatic nitrogens is 3. The molecule has 0 unspecified atom stereocenters. The maximum absolute atomic E-state index is 8.91. The normalized spacial score (nSPS) is 11.0. The lowest BCUT2D eigenvalue weighted by molar-refractivity contribution is 0.292. The number of pyridine rings is 1. The number of hydrogen-bond donors (Lipinski definition) is 4. The smallest absolute Gasteiger partial charge is 0.128 e. The second-order valence-corrected chi connectivity index (χ2v) is 5.66. The summed E-state index contributed by atoms with van der Waals surface area (Å²) >= 11 is 1.67. The molecule has 0 atom stereocenters. The molecule has 0 radical (unpaired) electrons. The zero-order chi connectivity index (χ0) is 14.7. The third-order valence-electron chi connectivity index (χ3n) is 3.15. The summed E-state index contributed by atoms with van der Waals surface area (Å²) in [5.41, 5.74) is 2.97. The average Bonchev–Trinajstić information content (AvgIpc) is 3.15. The monoisotopic (exact) mass is 303 g/mol. The number of H-pyrrole nitrogens is 1. The SMILES string of the molecule is CNc1cc(NCCCO)c2sc(-c3ccn[nH]3)cc2n1. The molecular weight excluding hydrogens is 286 g/mol. The number of anilines is 2. The Morgan fingerprint density at radius 1 is 1.38 bits per heavy atom. The molecule has 0 saturated heterocycles. The number of nitrogens with zero attached hydrogens (tertiary/aromatic N) is 2. The highest BCUT2D eigenvalue weighted by molar-refractivity contribution is 7.22. The Kier molecular flexibility index (Phi) is 4.03. The van der Waals surface area contributed by atoms with Gasteiger partial charge >= 0.3 is 0 Å². The average molecular weight is 303 g/mol. The van der Waals surface area contributed by atoms with Crippen molar-refractivity contribution in [1.29, 1.82) is 0 Å². The van der Waals surface area contributed by atoms with Gasteiger partial charge in [0.25, 0.3) is 0 Å². The van der Waals surface area contributed by atoms with Gasteiger partial charge in [0.2, 0.25) is 0 Å². The van der Waals surface area contributed by atoms with Crippen molar-refractivity contribution < 1.29 is 5.11 Å². The fraction of sp³-hybridized carbons (Fsp3) is 0.286. The second kappa shape index (κ2) is 6.11. The van der Waals surface area contributed by atoms with Crippen LogP contribution in [0.15, 0.2) is 24.4 Å². The summed E-state index contributed by atoms with van der Waals surface area (Å²) in [6.45, 7) is 0.917. The first-order valence-corrected chi connectivity index (χ1v) is 7.60. The molecule has 0 amide bonds. The van der Waals surface area contributed by atoms with Crippen LogP contribution >= 0.6 is 11.3 Å².